The minimum atomic E-state index is -0.453. The molecule has 1 saturated heterocycles. The number of benzene rings is 1. The molecule has 2 aromatic rings. The third-order valence-corrected chi connectivity index (χ3v) is 6.90. The Labute approximate surface area is 152 Å². The number of thioether (sulfide) groups is 2. The van der Waals surface area contributed by atoms with Crippen LogP contribution in [0.5, 0.6) is 0 Å². The van der Waals surface area contributed by atoms with Gasteiger partial charge in [0.25, 0.3) is 5.56 Å². The van der Waals surface area contributed by atoms with Crippen LogP contribution in [0.3, 0.4) is 0 Å². The van der Waals surface area contributed by atoms with Crippen LogP contribution in [0.1, 0.15) is 25.1 Å². The van der Waals surface area contributed by atoms with E-state index in [9.17, 15) is 9.59 Å². The van der Waals surface area contributed by atoms with Crippen molar-refractivity contribution in [1.82, 2.24) is 9.55 Å². The molecular formula is C17H18N2O4S2. The van der Waals surface area contributed by atoms with Crippen molar-refractivity contribution in [2.45, 2.75) is 53.3 Å². The smallest absolute Gasteiger partial charge is 0.330 e. The summed E-state index contributed by atoms with van der Waals surface area (Å²) in [7, 11) is 0. The Bertz CT molecular complexity index is 885. The SMILES string of the molecule is Cc1cn([C@H]2C[C@H](OC3Sc4ccccc4S3)[C@@H](C)O2)c(=O)[nH]c1=O. The largest absolute Gasteiger partial charge is 0.352 e. The van der Waals surface area contributed by atoms with E-state index in [4.69, 9.17) is 9.47 Å². The second-order valence-electron chi connectivity index (χ2n) is 6.16. The monoisotopic (exact) mass is 378 g/mol. The highest BCUT2D eigenvalue weighted by Crippen LogP contribution is 2.49. The second kappa shape index (κ2) is 6.68. The molecule has 0 amide bonds. The van der Waals surface area contributed by atoms with Gasteiger partial charge in [0.2, 0.25) is 0 Å². The molecule has 0 spiro atoms. The van der Waals surface area contributed by atoms with Gasteiger partial charge in [0, 0.05) is 28.0 Å². The average molecular weight is 378 g/mol. The lowest BCUT2D eigenvalue weighted by molar-refractivity contribution is -0.0243. The maximum atomic E-state index is 12.1. The standard InChI is InChI=1S/C17H18N2O4S2/c1-9-8-19(16(21)18-15(9)20)14-7-11(10(2)22-14)23-17-24-12-5-3-4-6-13(12)25-17/h3-6,8,10-11,14,17H,7H2,1-2H3,(H,18,20,21)/t10-,11+,14-/m1/s1. The number of fused-ring (bicyclic) bond motifs is 1. The quantitative estimate of drug-likeness (QED) is 0.885. The highest BCUT2D eigenvalue weighted by molar-refractivity contribution is 8.19. The van der Waals surface area contributed by atoms with Crippen molar-refractivity contribution in [2.75, 3.05) is 0 Å². The van der Waals surface area contributed by atoms with E-state index in [-0.39, 0.29) is 22.5 Å². The van der Waals surface area contributed by atoms with Gasteiger partial charge in [0.05, 0.1) is 12.2 Å². The van der Waals surface area contributed by atoms with Crippen molar-refractivity contribution in [2.24, 2.45) is 0 Å². The molecular weight excluding hydrogens is 360 g/mol. The van der Waals surface area contributed by atoms with Crippen LogP contribution < -0.4 is 11.2 Å². The number of H-pyrrole nitrogens is 1. The van der Waals surface area contributed by atoms with Crippen LogP contribution >= 0.6 is 23.5 Å². The fourth-order valence-corrected chi connectivity index (χ4v) is 5.60. The van der Waals surface area contributed by atoms with Crippen LogP contribution in [0.4, 0.5) is 0 Å². The zero-order valence-electron chi connectivity index (χ0n) is 13.8. The zero-order chi connectivity index (χ0) is 17.6. The van der Waals surface area contributed by atoms with Gasteiger partial charge < -0.3 is 9.47 Å². The molecule has 1 N–H and O–H groups in total. The Morgan fingerprint density at radius 1 is 1.24 bits per heavy atom. The second-order valence-corrected chi connectivity index (χ2v) is 8.66. The van der Waals surface area contributed by atoms with Gasteiger partial charge in [-0.3, -0.25) is 14.3 Å². The lowest BCUT2D eigenvalue weighted by Gasteiger charge is -2.18. The lowest BCUT2D eigenvalue weighted by Crippen LogP contribution is -2.33. The molecule has 0 bridgehead atoms. The van der Waals surface area contributed by atoms with Gasteiger partial charge in [0.1, 0.15) is 6.23 Å². The first kappa shape index (κ1) is 17.0. The molecule has 8 heteroatoms. The molecule has 2 aliphatic rings. The maximum Gasteiger partial charge on any atom is 0.330 e. The molecule has 1 fully saturated rings. The number of rotatable bonds is 3. The summed E-state index contributed by atoms with van der Waals surface area (Å²) < 4.78 is 13.6. The highest BCUT2D eigenvalue weighted by Gasteiger charge is 2.38. The van der Waals surface area contributed by atoms with E-state index in [1.165, 1.54) is 14.4 Å². The first-order chi connectivity index (χ1) is 12.0. The minimum absolute atomic E-state index is 0.0127. The van der Waals surface area contributed by atoms with Gasteiger partial charge in [-0.15, -0.1) is 0 Å². The minimum Gasteiger partial charge on any atom is -0.352 e. The third kappa shape index (κ3) is 3.31. The Morgan fingerprint density at radius 2 is 1.92 bits per heavy atom. The van der Waals surface area contributed by atoms with E-state index >= 15 is 0 Å². The predicted octanol–water partition coefficient (Wildman–Crippen LogP) is 2.72. The molecule has 1 aromatic heterocycles. The van der Waals surface area contributed by atoms with Gasteiger partial charge in [0.15, 0.2) is 4.77 Å². The van der Waals surface area contributed by atoms with E-state index in [1.807, 2.05) is 19.1 Å². The van der Waals surface area contributed by atoms with Gasteiger partial charge in [-0.25, -0.2) is 4.79 Å². The summed E-state index contributed by atoms with van der Waals surface area (Å²) >= 11 is 3.40. The van der Waals surface area contributed by atoms with Crippen molar-refractivity contribution in [1.29, 1.82) is 0 Å². The predicted molar refractivity (Wildman–Crippen MR) is 97.1 cm³/mol. The fourth-order valence-electron chi connectivity index (χ4n) is 3.00. The zero-order valence-corrected chi connectivity index (χ0v) is 15.4. The summed E-state index contributed by atoms with van der Waals surface area (Å²) in [6, 6.07) is 8.24. The molecule has 1 aromatic carbocycles. The van der Waals surface area contributed by atoms with Crippen molar-refractivity contribution < 1.29 is 9.47 Å². The summed E-state index contributed by atoms with van der Waals surface area (Å²) in [4.78, 5) is 28.4. The van der Waals surface area contributed by atoms with Gasteiger partial charge in [-0.2, -0.15) is 0 Å². The molecule has 0 aliphatic carbocycles. The summed E-state index contributed by atoms with van der Waals surface area (Å²) in [5.74, 6) is 0. The molecule has 0 unspecified atom stereocenters. The van der Waals surface area contributed by atoms with Crippen LogP contribution in [0, 0.1) is 6.92 Å². The summed E-state index contributed by atoms with van der Waals surface area (Å²) in [6.45, 7) is 3.62. The number of aromatic amines is 1. The number of hydrogen-bond donors (Lipinski definition) is 1. The molecule has 2 aliphatic heterocycles. The molecule has 132 valence electrons. The Balaban J connectivity index is 1.47. The van der Waals surface area contributed by atoms with Crippen LogP contribution in [-0.4, -0.2) is 26.5 Å². The van der Waals surface area contributed by atoms with Crippen LogP contribution in [0.15, 0.2) is 49.8 Å². The molecule has 3 heterocycles. The normalized spacial score (nSPS) is 26.1. The number of nitrogens with zero attached hydrogens (tertiary/aromatic N) is 1. The van der Waals surface area contributed by atoms with Gasteiger partial charge >= 0.3 is 5.69 Å². The van der Waals surface area contributed by atoms with Crippen LogP contribution in [-0.2, 0) is 9.47 Å². The van der Waals surface area contributed by atoms with Crippen molar-refractivity contribution in [3.63, 3.8) is 0 Å². The Kier molecular flexibility index (Phi) is 4.53. The molecule has 0 saturated carbocycles. The topological polar surface area (TPSA) is 73.3 Å². The average Bonchev–Trinajstić information content (AvgIpc) is 3.14. The third-order valence-electron chi connectivity index (χ3n) is 4.37. The number of ether oxygens (including phenoxy) is 2. The molecule has 6 nitrogen and oxygen atoms in total. The fraction of sp³-hybridized carbons (Fsp3) is 0.412. The van der Waals surface area contributed by atoms with Crippen molar-refractivity contribution in [3.05, 3.63) is 56.9 Å². The van der Waals surface area contributed by atoms with Crippen LogP contribution in [0.2, 0.25) is 0 Å². The number of aromatic nitrogens is 2. The number of nitrogens with one attached hydrogen (secondary N) is 1. The summed E-state index contributed by atoms with van der Waals surface area (Å²) in [5.41, 5.74) is -0.334. The molecule has 25 heavy (non-hydrogen) atoms. The summed E-state index contributed by atoms with van der Waals surface area (Å²) in [6.07, 6.45) is 1.45. The first-order valence-electron chi connectivity index (χ1n) is 8.06. The number of hydrogen-bond acceptors (Lipinski definition) is 6. The van der Waals surface area contributed by atoms with Crippen molar-refractivity contribution in [3.8, 4) is 0 Å². The Hall–Kier alpha value is -1.48. The highest BCUT2D eigenvalue weighted by atomic mass is 32.2. The number of aryl methyl sites for hydroxylation is 1. The molecule has 3 atom stereocenters. The molecule has 4 rings (SSSR count). The van der Waals surface area contributed by atoms with Crippen LogP contribution in [0.25, 0.3) is 0 Å². The van der Waals surface area contributed by atoms with Gasteiger partial charge in [-0.05, 0) is 26.0 Å². The van der Waals surface area contributed by atoms with E-state index < -0.39 is 11.9 Å². The summed E-state index contributed by atoms with van der Waals surface area (Å²) in [5, 5.41) is 0. The van der Waals surface area contributed by atoms with E-state index in [1.54, 1.807) is 36.6 Å². The lowest BCUT2D eigenvalue weighted by atomic mass is 10.2. The van der Waals surface area contributed by atoms with Crippen molar-refractivity contribution >= 4 is 23.5 Å². The Morgan fingerprint density at radius 3 is 2.60 bits per heavy atom. The maximum absolute atomic E-state index is 12.1. The first-order valence-corrected chi connectivity index (χ1v) is 9.82. The van der Waals surface area contributed by atoms with E-state index in [2.05, 4.69) is 17.1 Å². The molecule has 0 radical (unpaired) electrons. The van der Waals surface area contributed by atoms with E-state index in [0.717, 1.165) is 0 Å². The van der Waals surface area contributed by atoms with E-state index in [0.29, 0.717) is 12.0 Å². The van der Waals surface area contributed by atoms with Gasteiger partial charge in [-0.1, -0.05) is 35.7 Å².